The zero-order chi connectivity index (χ0) is 13.1. The zero-order valence-corrected chi connectivity index (χ0v) is 10.4. The van der Waals surface area contributed by atoms with E-state index in [0.29, 0.717) is 24.6 Å². The average Bonchev–Trinajstić information content (AvgIpc) is 2.74. The number of aromatic carboxylic acids is 1. The molecule has 0 spiro atoms. The van der Waals surface area contributed by atoms with Crippen molar-refractivity contribution in [3.8, 4) is 0 Å². The molecule has 0 radical (unpaired) electrons. The quantitative estimate of drug-likeness (QED) is 0.829. The van der Waals surface area contributed by atoms with Crippen LogP contribution in [-0.2, 0) is 11.3 Å². The summed E-state index contributed by atoms with van der Waals surface area (Å²) in [5.41, 5.74) is 0.620. The number of carbonyl (C=O) groups excluding carboxylic acids is 1. The van der Waals surface area contributed by atoms with E-state index in [1.807, 2.05) is 0 Å². The van der Waals surface area contributed by atoms with Crippen molar-refractivity contribution in [3.05, 3.63) is 23.5 Å². The fourth-order valence-corrected chi connectivity index (χ4v) is 2.26. The molecule has 1 atom stereocenters. The van der Waals surface area contributed by atoms with Crippen molar-refractivity contribution < 1.29 is 19.4 Å². The lowest BCUT2D eigenvalue weighted by Crippen LogP contribution is -2.23. The Morgan fingerprint density at radius 1 is 1.56 bits per heavy atom. The number of ketones is 1. The Morgan fingerprint density at radius 2 is 2.33 bits per heavy atom. The van der Waals surface area contributed by atoms with Gasteiger partial charge in [-0.05, 0) is 25.8 Å². The molecule has 0 bridgehead atoms. The third-order valence-corrected chi connectivity index (χ3v) is 3.23. The molecule has 1 N–H and O–H groups in total. The van der Waals surface area contributed by atoms with Crippen LogP contribution in [-0.4, -0.2) is 34.6 Å². The number of rotatable bonds is 4. The minimum absolute atomic E-state index is 0.115. The van der Waals surface area contributed by atoms with Crippen LogP contribution in [0.1, 0.15) is 40.6 Å². The van der Waals surface area contributed by atoms with Gasteiger partial charge in [-0.3, -0.25) is 4.79 Å². The molecular formula is C13H17NO4. The number of carbonyl (C=O) groups is 2. The average molecular weight is 251 g/mol. The summed E-state index contributed by atoms with van der Waals surface area (Å²) >= 11 is 0. The summed E-state index contributed by atoms with van der Waals surface area (Å²) in [5.74, 6) is -0.792. The lowest BCUT2D eigenvalue weighted by molar-refractivity contribution is 0.0471. The maximum Gasteiger partial charge on any atom is 0.352 e. The first-order chi connectivity index (χ1) is 8.58. The molecule has 18 heavy (non-hydrogen) atoms. The summed E-state index contributed by atoms with van der Waals surface area (Å²) < 4.78 is 7.03. The summed E-state index contributed by atoms with van der Waals surface area (Å²) in [4.78, 5) is 22.4. The van der Waals surface area contributed by atoms with Crippen molar-refractivity contribution in [2.75, 3.05) is 13.2 Å². The Labute approximate surface area is 105 Å². The van der Waals surface area contributed by atoms with Crippen LogP contribution in [0.2, 0.25) is 0 Å². The largest absolute Gasteiger partial charge is 0.477 e. The first kappa shape index (κ1) is 12.8. The van der Waals surface area contributed by atoms with Gasteiger partial charge in [-0.2, -0.15) is 0 Å². The number of ether oxygens (including phenoxy) is 1. The molecule has 1 aromatic heterocycles. The fourth-order valence-electron chi connectivity index (χ4n) is 2.26. The van der Waals surface area contributed by atoms with Crippen LogP contribution in [0.15, 0.2) is 12.3 Å². The summed E-state index contributed by atoms with van der Waals surface area (Å²) in [6.45, 7) is 3.48. The third kappa shape index (κ3) is 2.79. The van der Waals surface area contributed by atoms with Crippen molar-refractivity contribution in [3.63, 3.8) is 0 Å². The highest BCUT2D eigenvalue weighted by atomic mass is 16.5. The van der Waals surface area contributed by atoms with Crippen LogP contribution < -0.4 is 0 Å². The first-order valence-electron chi connectivity index (χ1n) is 6.10. The summed E-state index contributed by atoms with van der Waals surface area (Å²) in [5, 5.41) is 9.13. The predicted octanol–water partition coefficient (Wildman–Crippen LogP) is 1.82. The molecule has 5 heteroatoms. The van der Waals surface area contributed by atoms with Crippen molar-refractivity contribution in [2.24, 2.45) is 5.92 Å². The zero-order valence-electron chi connectivity index (χ0n) is 10.4. The summed E-state index contributed by atoms with van der Waals surface area (Å²) in [6, 6.07) is 1.44. The number of nitrogens with zero attached hydrogens (tertiary/aromatic N) is 1. The normalized spacial score (nSPS) is 19.7. The number of hydrogen-bond donors (Lipinski definition) is 1. The lowest BCUT2D eigenvalue weighted by Gasteiger charge is -2.22. The minimum Gasteiger partial charge on any atom is -0.477 e. The van der Waals surface area contributed by atoms with Gasteiger partial charge in [0.2, 0.25) is 0 Å². The second kappa shape index (κ2) is 5.35. The standard InChI is InChI=1S/C13H17NO4/c1-9(15)11-5-12(13(16)17)14(7-11)6-10-3-2-4-18-8-10/h5,7,10H,2-4,6,8H2,1H3,(H,16,17). The Bertz CT molecular complexity index is 458. The highest BCUT2D eigenvalue weighted by Crippen LogP contribution is 2.18. The summed E-state index contributed by atoms with van der Waals surface area (Å²) in [7, 11) is 0. The molecule has 0 aliphatic carbocycles. The Hall–Kier alpha value is -1.62. The highest BCUT2D eigenvalue weighted by Gasteiger charge is 2.19. The van der Waals surface area contributed by atoms with Gasteiger partial charge in [0.25, 0.3) is 0 Å². The van der Waals surface area contributed by atoms with Crippen molar-refractivity contribution in [1.29, 1.82) is 0 Å². The Morgan fingerprint density at radius 3 is 2.89 bits per heavy atom. The number of hydrogen-bond acceptors (Lipinski definition) is 3. The van der Waals surface area contributed by atoms with Crippen LogP contribution in [0, 0.1) is 5.92 Å². The number of carboxylic acid groups (broad SMARTS) is 1. The third-order valence-electron chi connectivity index (χ3n) is 3.23. The minimum atomic E-state index is -1.00. The van der Waals surface area contributed by atoms with E-state index in [4.69, 9.17) is 9.84 Å². The van der Waals surface area contributed by atoms with Gasteiger partial charge in [0.05, 0.1) is 6.61 Å². The van der Waals surface area contributed by atoms with Crippen LogP contribution in [0.4, 0.5) is 0 Å². The Balaban J connectivity index is 2.19. The smallest absolute Gasteiger partial charge is 0.352 e. The van der Waals surface area contributed by atoms with E-state index >= 15 is 0 Å². The van der Waals surface area contributed by atoms with E-state index in [-0.39, 0.29) is 11.5 Å². The lowest BCUT2D eigenvalue weighted by atomic mass is 10.0. The number of carboxylic acids is 1. The van der Waals surface area contributed by atoms with Crippen LogP contribution in [0.5, 0.6) is 0 Å². The van der Waals surface area contributed by atoms with E-state index < -0.39 is 5.97 Å². The molecule has 1 aromatic rings. The molecule has 5 nitrogen and oxygen atoms in total. The van der Waals surface area contributed by atoms with Gasteiger partial charge >= 0.3 is 5.97 Å². The molecule has 1 saturated heterocycles. The number of Topliss-reactive ketones (excluding diaryl/α,β-unsaturated/α-hetero) is 1. The second-order valence-electron chi connectivity index (χ2n) is 4.71. The van der Waals surface area contributed by atoms with Gasteiger partial charge in [-0.15, -0.1) is 0 Å². The molecule has 0 aromatic carbocycles. The molecule has 1 aliphatic rings. The van der Waals surface area contributed by atoms with Gasteiger partial charge < -0.3 is 14.4 Å². The van der Waals surface area contributed by atoms with E-state index in [2.05, 4.69) is 0 Å². The number of aromatic nitrogens is 1. The molecule has 1 aliphatic heterocycles. The second-order valence-corrected chi connectivity index (χ2v) is 4.71. The molecular weight excluding hydrogens is 234 g/mol. The van der Waals surface area contributed by atoms with E-state index in [0.717, 1.165) is 19.4 Å². The monoisotopic (exact) mass is 251 g/mol. The SMILES string of the molecule is CC(=O)c1cc(C(=O)O)n(CC2CCCOC2)c1. The molecule has 98 valence electrons. The van der Waals surface area contributed by atoms with Crippen LogP contribution in [0.3, 0.4) is 0 Å². The van der Waals surface area contributed by atoms with Crippen LogP contribution in [0.25, 0.3) is 0 Å². The molecule has 2 rings (SSSR count). The van der Waals surface area contributed by atoms with Gasteiger partial charge in [0, 0.05) is 30.8 Å². The van der Waals surface area contributed by atoms with Crippen LogP contribution >= 0.6 is 0 Å². The van der Waals surface area contributed by atoms with Crippen molar-refractivity contribution in [2.45, 2.75) is 26.3 Å². The van der Waals surface area contributed by atoms with Gasteiger partial charge in [0.15, 0.2) is 5.78 Å². The van der Waals surface area contributed by atoms with E-state index in [1.165, 1.54) is 13.0 Å². The van der Waals surface area contributed by atoms with Gasteiger partial charge in [-0.25, -0.2) is 4.79 Å². The van der Waals surface area contributed by atoms with E-state index in [9.17, 15) is 9.59 Å². The molecule has 2 heterocycles. The Kier molecular flexibility index (Phi) is 3.81. The molecule has 1 unspecified atom stereocenters. The molecule has 1 fully saturated rings. The summed E-state index contributed by atoms with van der Waals surface area (Å²) in [6.07, 6.45) is 3.67. The van der Waals surface area contributed by atoms with E-state index in [1.54, 1.807) is 10.8 Å². The molecule has 0 amide bonds. The van der Waals surface area contributed by atoms with Gasteiger partial charge in [-0.1, -0.05) is 0 Å². The first-order valence-corrected chi connectivity index (χ1v) is 6.10. The van der Waals surface area contributed by atoms with Crippen molar-refractivity contribution >= 4 is 11.8 Å². The van der Waals surface area contributed by atoms with Crippen molar-refractivity contribution in [1.82, 2.24) is 4.57 Å². The maximum atomic E-state index is 11.3. The predicted molar refractivity (Wildman–Crippen MR) is 64.9 cm³/mol. The highest BCUT2D eigenvalue weighted by molar-refractivity contribution is 5.97. The fraction of sp³-hybridized carbons (Fsp3) is 0.538. The maximum absolute atomic E-state index is 11.3. The molecule has 0 saturated carbocycles. The van der Waals surface area contributed by atoms with Gasteiger partial charge in [0.1, 0.15) is 5.69 Å². The topological polar surface area (TPSA) is 68.5 Å².